The van der Waals surface area contributed by atoms with E-state index < -0.39 is 0 Å². The Labute approximate surface area is 166 Å². The summed E-state index contributed by atoms with van der Waals surface area (Å²) in [5.74, 6) is 0.267. The van der Waals surface area contributed by atoms with Gasteiger partial charge in [0.05, 0.1) is 18.7 Å². The molecule has 3 amide bonds. The quantitative estimate of drug-likeness (QED) is 0.703. The maximum Gasteiger partial charge on any atom is 0.315 e. The molecule has 1 heterocycles. The molecule has 0 bridgehead atoms. The summed E-state index contributed by atoms with van der Waals surface area (Å²) < 4.78 is 0. The van der Waals surface area contributed by atoms with Gasteiger partial charge in [0.25, 0.3) is 0 Å². The van der Waals surface area contributed by atoms with E-state index in [1.54, 1.807) is 0 Å². The molecule has 0 radical (unpaired) electrons. The maximum atomic E-state index is 13.0. The van der Waals surface area contributed by atoms with E-state index in [1.807, 2.05) is 35.2 Å². The number of carbonyl (C=O) groups is 2. The van der Waals surface area contributed by atoms with Crippen LogP contribution in [-0.2, 0) is 4.79 Å². The normalized spacial score (nSPS) is 27.8. The van der Waals surface area contributed by atoms with Gasteiger partial charge in [-0.2, -0.15) is 0 Å². The largest absolute Gasteiger partial charge is 0.394 e. The van der Waals surface area contributed by atoms with Crippen molar-refractivity contribution < 1.29 is 14.7 Å². The number of urea groups is 1. The van der Waals surface area contributed by atoms with E-state index in [0.29, 0.717) is 6.54 Å². The first-order chi connectivity index (χ1) is 13.7. The van der Waals surface area contributed by atoms with Crippen molar-refractivity contribution in [2.24, 2.45) is 5.92 Å². The van der Waals surface area contributed by atoms with Crippen LogP contribution in [0.4, 0.5) is 4.79 Å². The van der Waals surface area contributed by atoms with Gasteiger partial charge >= 0.3 is 6.03 Å². The first-order valence-corrected chi connectivity index (χ1v) is 10.7. The monoisotopic (exact) mass is 385 g/mol. The number of nitrogens with zero attached hydrogens (tertiary/aromatic N) is 1. The van der Waals surface area contributed by atoms with E-state index in [9.17, 15) is 14.7 Å². The summed E-state index contributed by atoms with van der Waals surface area (Å²) in [6.07, 6.45) is 7.40. The first kappa shape index (κ1) is 19.2. The second kappa shape index (κ2) is 8.52. The van der Waals surface area contributed by atoms with Gasteiger partial charge in [0.2, 0.25) is 5.91 Å². The van der Waals surface area contributed by atoms with Crippen LogP contribution in [0.15, 0.2) is 30.3 Å². The second-order valence-electron chi connectivity index (χ2n) is 8.46. The fourth-order valence-electron chi connectivity index (χ4n) is 4.99. The molecule has 0 unspecified atom stereocenters. The van der Waals surface area contributed by atoms with Gasteiger partial charge in [-0.1, -0.05) is 49.6 Å². The van der Waals surface area contributed by atoms with Crippen molar-refractivity contribution in [1.82, 2.24) is 15.5 Å². The van der Waals surface area contributed by atoms with E-state index in [-0.39, 0.29) is 48.5 Å². The Kier molecular flexibility index (Phi) is 5.85. The molecule has 1 aromatic carbocycles. The molecule has 0 spiro atoms. The van der Waals surface area contributed by atoms with Crippen LogP contribution in [0.5, 0.6) is 0 Å². The van der Waals surface area contributed by atoms with E-state index in [2.05, 4.69) is 10.6 Å². The Bertz CT molecular complexity index is 686. The molecule has 4 rings (SSSR count). The highest BCUT2D eigenvalue weighted by Crippen LogP contribution is 2.43. The van der Waals surface area contributed by atoms with Gasteiger partial charge in [-0.05, 0) is 31.2 Å². The van der Waals surface area contributed by atoms with Crippen molar-refractivity contribution in [2.45, 2.75) is 69.0 Å². The fourth-order valence-corrected chi connectivity index (χ4v) is 4.99. The van der Waals surface area contributed by atoms with Crippen molar-refractivity contribution >= 4 is 11.9 Å². The Balaban J connectivity index is 1.45. The number of aliphatic hydroxyl groups is 1. The van der Waals surface area contributed by atoms with Crippen LogP contribution in [0.1, 0.15) is 56.4 Å². The fraction of sp³-hybridized carbons (Fsp3) is 0.636. The molecular formula is C22H31N3O3. The van der Waals surface area contributed by atoms with Gasteiger partial charge in [-0.3, -0.25) is 4.79 Å². The highest BCUT2D eigenvalue weighted by atomic mass is 16.3. The molecule has 3 N–H and O–H groups in total. The van der Waals surface area contributed by atoms with Crippen LogP contribution in [0, 0.1) is 5.92 Å². The van der Waals surface area contributed by atoms with Crippen LogP contribution in [0.2, 0.25) is 0 Å². The molecule has 28 heavy (non-hydrogen) atoms. The zero-order chi connectivity index (χ0) is 19.5. The van der Waals surface area contributed by atoms with Gasteiger partial charge in [0.15, 0.2) is 0 Å². The third-order valence-electron chi connectivity index (χ3n) is 6.79. The standard InChI is InChI=1S/C22H31N3O3/c26-14-19-20(15-7-2-1-3-8-15)18(25(19)21(27)16-9-6-10-16)13-23-22(28)24-17-11-4-5-12-17/h1-3,7-8,16-20,26H,4-6,9-14H2,(H2,23,24,28)/t18-,19-,20+/m1/s1. The summed E-state index contributed by atoms with van der Waals surface area (Å²) >= 11 is 0. The molecule has 6 heteroatoms. The van der Waals surface area contributed by atoms with Crippen LogP contribution < -0.4 is 10.6 Å². The van der Waals surface area contributed by atoms with Crippen molar-refractivity contribution in [1.29, 1.82) is 0 Å². The summed E-state index contributed by atoms with van der Waals surface area (Å²) in [4.78, 5) is 27.2. The van der Waals surface area contributed by atoms with Crippen LogP contribution >= 0.6 is 0 Å². The van der Waals surface area contributed by atoms with E-state index in [0.717, 1.165) is 37.7 Å². The number of carbonyl (C=O) groups excluding carboxylic acids is 2. The highest BCUT2D eigenvalue weighted by Gasteiger charge is 2.52. The smallest absolute Gasteiger partial charge is 0.315 e. The van der Waals surface area contributed by atoms with Crippen LogP contribution in [0.3, 0.4) is 0 Å². The highest BCUT2D eigenvalue weighted by molar-refractivity contribution is 5.82. The van der Waals surface area contributed by atoms with Gasteiger partial charge in [-0.15, -0.1) is 0 Å². The number of hydrogen-bond acceptors (Lipinski definition) is 3. The number of hydrogen-bond donors (Lipinski definition) is 3. The van der Waals surface area contributed by atoms with E-state index in [1.165, 1.54) is 12.8 Å². The van der Waals surface area contributed by atoms with Crippen molar-refractivity contribution in [2.75, 3.05) is 13.2 Å². The molecule has 2 saturated carbocycles. The SMILES string of the molecule is O=C(NC[C@@H]1[C@H](c2ccccc2)[C@@H](CO)N1C(=O)C1CCC1)NC1CCCC1. The van der Waals surface area contributed by atoms with Crippen LogP contribution in [0.25, 0.3) is 0 Å². The Morgan fingerprint density at radius 1 is 1.00 bits per heavy atom. The number of nitrogens with one attached hydrogen (secondary N) is 2. The van der Waals surface area contributed by atoms with Crippen molar-refractivity contribution in [3.05, 3.63) is 35.9 Å². The molecule has 3 aliphatic rings. The minimum absolute atomic E-state index is 0.0435. The Morgan fingerprint density at radius 3 is 2.32 bits per heavy atom. The lowest BCUT2D eigenvalue weighted by Crippen LogP contribution is -2.70. The summed E-state index contributed by atoms with van der Waals surface area (Å²) in [7, 11) is 0. The molecule has 1 saturated heterocycles. The third-order valence-corrected chi connectivity index (χ3v) is 6.79. The summed E-state index contributed by atoms with van der Waals surface area (Å²) in [5, 5.41) is 16.0. The molecule has 3 fully saturated rings. The van der Waals surface area contributed by atoms with Gasteiger partial charge in [-0.25, -0.2) is 4.79 Å². The van der Waals surface area contributed by atoms with Gasteiger partial charge < -0.3 is 20.6 Å². The number of aliphatic hydroxyl groups excluding tert-OH is 1. The average molecular weight is 386 g/mol. The molecule has 2 aliphatic carbocycles. The molecule has 152 valence electrons. The minimum Gasteiger partial charge on any atom is -0.394 e. The van der Waals surface area contributed by atoms with E-state index in [4.69, 9.17) is 0 Å². The van der Waals surface area contributed by atoms with Gasteiger partial charge in [0.1, 0.15) is 0 Å². The maximum absolute atomic E-state index is 13.0. The second-order valence-corrected chi connectivity index (χ2v) is 8.46. The topological polar surface area (TPSA) is 81.7 Å². The number of rotatable bonds is 6. The van der Waals surface area contributed by atoms with Crippen molar-refractivity contribution in [3.63, 3.8) is 0 Å². The lowest BCUT2D eigenvalue weighted by molar-refractivity contribution is -0.157. The molecule has 0 aromatic heterocycles. The lowest BCUT2D eigenvalue weighted by Gasteiger charge is -2.56. The summed E-state index contributed by atoms with van der Waals surface area (Å²) in [6, 6.07) is 9.83. The lowest BCUT2D eigenvalue weighted by atomic mass is 9.72. The zero-order valence-electron chi connectivity index (χ0n) is 16.3. The number of likely N-dealkylation sites (tertiary alicyclic amines) is 1. The number of benzene rings is 1. The Hall–Kier alpha value is -2.08. The van der Waals surface area contributed by atoms with Crippen molar-refractivity contribution in [3.8, 4) is 0 Å². The number of amides is 3. The molecular weight excluding hydrogens is 354 g/mol. The predicted octanol–water partition coefficient (Wildman–Crippen LogP) is 2.38. The first-order valence-electron chi connectivity index (χ1n) is 10.7. The van der Waals surface area contributed by atoms with E-state index >= 15 is 0 Å². The molecule has 3 atom stereocenters. The molecule has 6 nitrogen and oxygen atoms in total. The third kappa shape index (κ3) is 3.75. The zero-order valence-corrected chi connectivity index (χ0v) is 16.3. The summed E-state index contributed by atoms with van der Waals surface area (Å²) in [6.45, 7) is 0.357. The molecule has 1 aromatic rings. The Morgan fingerprint density at radius 2 is 1.71 bits per heavy atom. The van der Waals surface area contributed by atoms with Crippen LogP contribution in [-0.4, -0.2) is 53.2 Å². The van der Waals surface area contributed by atoms with Gasteiger partial charge in [0, 0.05) is 24.4 Å². The summed E-state index contributed by atoms with van der Waals surface area (Å²) in [5.41, 5.74) is 1.11. The average Bonchev–Trinajstić information content (AvgIpc) is 3.13. The predicted molar refractivity (Wildman–Crippen MR) is 107 cm³/mol. The minimum atomic E-state index is -0.208. The molecule has 1 aliphatic heterocycles.